The van der Waals surface area contributed by atoms with Crippen LogP contribution in [0.25, 0.3) is 5.69 Å². The molecule has 0 saturated heterocycles. The summed E-state index contributed by atoms with van der Waals surface area (Å²) in [4.78, 5) is 26.9. The summed E-state index contributed by atoms with van der Waals surface area (Å²) in [5.41, 5.74) is 1.02. The molecule has 1 heterocycles. The van der Waals surface area contributed by atoms with Gasteiger partial charge in [-0.25, -0.2) is 4.98 Å². The Labute approximate surface area is 131 Å². The molecule has 0 spiro atoms. The van der Waals surface area contributed by atoms with Crippen LogP contribution in [0.4, 0.5) is 11.4 Å². The molecule has 0 bridgehead atoms. The minimum Gasteiger partial charge on any atom is -0.322 e. The molecular weight excluding hydrogens is 296 g/mol. The van der Waals surface area contributed by atoms with Crippen LogP contribution in [0, 0.1) is 10.1 Å². The zero-order valence-electron chi connectivity index (χ0n) is 11.9. The Morgan fingerprint density at radius 3 is 2.61 bits per heavy atom. The van der Waals surface area contributed by atoms with Gasteiger partial charge in [-0.3, -0.25) is 14.9 Å². The molecule has 0 aliphatic rings. The first-order chi connectivity index (χ1) is 11.1. The van der Waals surface area contributed by atoms with Crippen molar-refractivity contribution in [3.05, 3.63) is 82.9 Å². The van der Waals surface area contributed by atoms with Crippen molar-refractivity contribution in [1.29, 1.82) is 0 Å². The molecule has 1 amide bonds. The molecule has 0 aliphatic carbocycles. The monoisotopic (exact) mass is 308 g/mol. The number of nitrogens with zero attached hydrogens (tertiary/aromatic N) is 3. The average Bonchev–Trinajstić information content (AvgIpc) is 3.09. The van der Waals surface area contributed by atoms with Gasteiger partial charge in [0.05, 0.1) is 11.3 Å². The maximum absolute atomic E-state index is 12.2. The van der Waals surface area contributed by atoms with Crippen molar-refractivity contribution in [3.8, 4) is 5.69 Å². The number of carbonyl (C=O) groups excluding carboxylic acids is 1. The number of aromatic nitrogens is 2. The quantitative estimate of drug-likeness (QED) is 0.592. The highest BCUT2D eigenvalue weighted by Gasteiger charge is 2.18. The van der Waals surface area contributed by atoms with Crippen LogP contribution in [0.2, 0.25) is 0 Å². The van der Waals surface area contributed by atoms with Gasteiger partial charge < -0.3 is 9.88 Å². The fourth-order valence-electron chi connectivity index (χ4n) is 2.16. The first-order valence-electron chi connectivity index (χ1n) is 6.78. The number of carbonyl (C=O) groups is 1. The van der Waals surface area contributed by atoms with Crippen molar-refractivity contribution in [2.24, 2.45) is 0 Å². The molecule has 0 unspecified atom stereocenters. The molecule has 0 fully saturated rings. The number of nitro groups is 1. The number of rotatable bonds is 4. The maximum atomic E-state index is 12.2. The van der Waals surface area contributed by atoms with Gasteiger partial charge in [-0.2, -0.15) is 0 Å². The van der Waals surface area contributed by atoms with Gasteiger partial charge >= 0.3 is 0 Å². The largest absolute Gasteiger partial charge is 0.322 e. The number of amides is 1. The lowest BCUT2D eigenvalue weighted by molar-refractivity contribution is -0.384. The summed E-state index contributed by atoms with van der Waals surface area (Å²) in [6.45, 7) is 0. The van der Waals surface area contributed by atoms with E-state index in [1.54, 1.807) is 36.5 Å². The van der Waals surface area contributed by atoms with Crippen molar-refractivity contribution < 1.29 is 9.72 Å². The molecule has 0 radical (unpaired) electrons. The van der Waals surface area contributed by atoms with Crippen LogP contribution in [0.3, 0.4) is 0 Å². The molecule has 1 aromatic heterocycles. The lowest BCUT2D eigenvalue weighted by Crippen LogP contribution is -2.12. The number of hydrogen-bond acceptors (Lipinski definition) is 4. The zero-order valence-corrected chi connectivity index (χ0v) is 11.9. The van der Waals surface area contributed by atoms with E-state index in [0.29, 0.717) is 11.4 Å². The second-order valence-electron chi connectivity index (χ2n) is 4.75. The number of nitro benzene ring substituents is 1. The van der Waals surface area contributed by atoms with E-state index in [1.165, 1.54) is 29.2 Å². The summed E-state index contributed by atoms with van der Waals surface area (Å²) >= 11 is 0. The Hall–Kier alpha value is -3.48. The summed E-state index contributed by atoms with van der Waals surface area (Å²) in [5.74, 6) is -0.406. The molecule has 0 atom stereocenters. The normalized spacial score (nSPS) is 10.3. The average molecular weight is 308 g/mol. The summed E-state index contributed by atoms with van der Waals surface area (Å²) in [7, 11) is 0. The second-order valence-corrected chi connectivity index (χ2v) is 4.75. The van der Waals surface area contributed by atoms with Crippen LogP contribution in [-0.2, 0) is 0 Å². The highest BCUT2D eigenvalue weighted by atomic mass is 16.6. The topological polar surface area (TPSA) is 90.1 Å². The van der Waals surface area contributed by atoms with Crippen LogP contribution >= 0.6 is 0 Å². The predicted molar refractivity (Wildman–Crippen MR) is 84.6 cm³/mol. The van der Waals surface area contributed by atoms with E-state index in [4.69, 9.17) is 0 Å². The smallest absolute Gasteiger partial charge is 0.294 e. The number of hydrogen-bond donors (Lipinski definition) is 1. The fourth-order valence-corrected chi connectivity index (χ4v) is 2.16. The van der Waals surface area contributed by atoms with Gasteiger partial charge in [0.15, 0.2) is 0 Å². The molecule has 0 aliphatic heterocycles. The highest BCUT2D eigenvalue weighted by Crippen LogP contribution is 2.24. The maximum Gasteiger partial charge on any atom is 0.294 e. The Bertz CT molecular complexity index is 845. The molecule has 114 valence electrons. The molecular formula is C16H12N4O3. The van der Waals surface area contributed by atoms with Gasteiger partial charge in [-0.05, 0) is 24.3 Å². The number of anilines is 1. The van der Waals surface area contributed by atoms with E-state index < -0.39 is 10.8 Å². The van der Waals surface area contributed by atoms with E-state index in [0.717, 1.165) is 0 Å². The first-order valence-corrected chi connectivity index (χ1v) is 6.78. The molecule has 3 aromatic rings. The van der Waals surface area contributed by atoms with Crippen molar-refractivity contribution in [3.63, 3.8) is 0 Å². The number of imidazole rings is 1. The number of para-hydroxylation sites is 1. The Kier molecular flexibility index (Phi) is 3.84. The lowest BCUT2D eigenvalue weighted by Gasteiger charge is -2.07. The zero-order chi connectivity index (χ0) is 16.2. The van der Waals surface area contributed by atoms with E-state index in [9.17, 15) is 14.9 Å². The molecule has 7 nitrogen and oxygen atoms in total. The molecule has 7 heteroatoms. The van der Waals surface area contributed by atoms with E-state index in [2.05, 4.69) is 10.3 Å². The predicted octanol–water partition coefficient (Wildman–Crippen LogP) is 3.03. The van der Waals surface area contributed by atoms with Crippen LogP contribution in [0.15, 0.2) is 67.3 Å². The third-order valence-corrected chi connectivity index (χ3v) is 3.25. The fraction of sp³-hybridized carbons (Fsp3) is 0. The first kappa shape index (κ1) is 14.5. The van der Waals surface area contributed by atoms with E-state index in [-0.39, 0.29) is 11.3 Å². The van der Waals surface area contributed by atoms with Gasteiger partial charge in [0.1, 0.15) is 5.69 Å². The van der Waals surface area contributed by atoms with Crippen molar-refractivity contribution >= 4 is 17.3 Å². The number of nitrogens with one attached hydrogen (secondary N) is 1. The summed E-state index contributed by atoms with van der Waals surface area (Å²) in [6, 6.07) is 13.2. The van der Waals surface area contributed by atoms with Crippen molar-refractivity contribution in [1.82, 2.24) is 9.55 Å². The Morgan fingerprint density at radius 1 is 1.17 bits per heavy atom. The minimum absolute atomic E-state index is 0.163. The molecule has 0 saturated carbocycles. The third kappa shape index (κ3) is 3.08. The Balaban J connectivity index is 1.93. The van der Waals surface area contributed by atoms with Crippen molar-refractivity contribution in [2.45, 2.75) is 0 Å². The second kappa shape index (κ2) is 6.10. The van der Waals surface area contributed by atoms with Gasteiger partial charge in [0.25, 0.3) is 11.6 Å². The highest BCUT2D eigenvalue weighted by molar-refractivity contribution is 6.04. The van der Waals surface area contributed by atoms with Gasteiger partial charge in [-0.1, -0.05) is 18.2 Å². The third-order valence-electron chi connectivity index (χ3n) is 3.25. The van der Waals surface area contributed by atoms with E-state index >= 15 is 0 Å². The standard InChI is InChI=1S/C16H12N4O3/c21-16(18-13-4-2-1-3-5-13)12-6-7-14(15(10-12)20(22)23)19-9-8-17-11-19/h1-11H,(H,18,21). The van der Waals surface area contributed by atoms with Gasteiger partial charge in [-0.15, -0.1) is 0 Å². The summed E-state index contributed by atoms with van der Waals surface area (Å²) in [6.07, 6.45) is 4.60. The lowest BCUT2D eigenvalue weighted by atomic mass is 10.1. The van der Waals surface area contributed by atoms with Gasteiger partial charge in [0.2, 0.25) is 0 Å². The Morgan fingerprint density at radius 2 is 1.96 bits per heavy atom. The van der Waals surface area contributed by atoms with E-state index in [1.807, 2.05) is 6.07 Å². The minimum atomic E-state index is -0.519. The molecule has 23 heavy (non-hydrogen) atoms. The SMILES string of the molecule is O=C(Nc1ccccc1)c1ccc(-n2ccnc2)c([N+](=O)[O-])c1. The molecule has 2 aromatic carbocycles. The molecule has 3 rings (SSSR count). The van der Waals surface area contributed by atoms with Gasteiger partial charge in [0, 0.05) is 29.7 Å². The van der Waals surface area contributed by atoms with Crippen LogP contribution in [0.5, 0.6) is 0 Å². The van der Waals surface area contributed by atoms with Crippen LogP contribution < -0.4 is 5.32 Å². The summed E-state index contributed by atoms with van der Waals surface area (Å²) < 4.78 is 1.52. The summed E-state index contributed by atoms with van der Waals surface area (Å²) in [5, 5.41) is 14.0. The molecule has 1 N–H and O–H groups in total. The van der Waals surface area contributed by atoms with Crippen LogP contribution in [-0.4, -0.2) is 20.4 Å². The number of benzene rings is 2. The van der Waals surface area contributed by atoms with Crippen molar-refractivity contribution in [2.75, 3.05) is 5.32 Å². The van der Waals surface area contributed by atoms with Crippen LogP contribution in [0.1, 0.15) is 10.4 Å².